The minimum atomic E-state index is -0.609. The maximum absolute atomic E-state index is 13.6. The third-order valence-electron chi connectivity index (χ3n) is 6.45. The van der Waals surface area contributed by atoms with Crippen molar-refractivity contribution in [3.05, 3.63) is 113 Å². The van der Waals surface area contributed by atoms with Crippen LogP contribution >= 0.6 is 0 Å². The second kappa shape index (κ2) is 10.5. The Labute approximate surface area is 230 Å². The van der Waals surface area contributed by atoms with E-state index < -0.39 is 5.97 Å². The molecular formula is C33H24O7. The standard InChI is InChI=1S/C33H24O7/c1-3-37-23-13-15-27-26(18-23)30(32(40-27)21-9-5-4-6-10-21)33(35)38-24-12-14-25-28(19-24)39-29(31(25)34)17-20-8-7-11-22(16-20)36-2/h4-19H,3H2,1-2H3. The molecule has 2 heterocycles. The Bertz CT molecular complexity index is 1780. The number of carbonyl (C=O) groups excluding carboxylic acids is 2. The number of ether oxygens (including phenoxy) is 4. The van der Waals surface area contributed by atoms with Gasteiger partial charge in [-0.3, -0.25) is 4.79 Å². The Morgan fingerprint density at radius 3 is 2.50 bits per heavy atom. The van der Waals surface area contributed by atoms with Crippen LogP contribution in [0.4, 0.5) is 0 Å². The molecule has 0 radical (unpaired) electrons. The highest BCUT2D eigenvalue weighted by atomic mass is 16.5. The number of hydrogen-bond donors (Lipinski definition) is 0. The first-order chi connectivity index (χ1) is 19.5. The average molecular weight is 533 g/mol. The summed E-state index contributed by atoms with van der Waals surface area (Å²) in [4.78, 5) is 26.6. The van der Waals surface area contributed by atoms with Crippen LogP contribution in [0.5, 0.6) is 23.0 Å². The molecule has 0 saturated heterocycles. The molecular weight excluding hydrogens is 508 g/mol. The molecule has 5 aromatic rings. The van der Waals surface area contributed by atoms with Crippen molar-refractivity contribution in [1.29, 1.82) is 0 Å². The number of rotatable bonds is 7. The summed E-state index contributed by atoms with van der Waals surface area (Å²) >= 11 is 0. The molecule has 4 aromatic carbocycles. The third-order valence-corrected chi connectivity index (χ3v) is 6.45. The Morgan fingerprint density at radius 2 is 1.70 bits per heavy atom. The van der Waals surface area contributed by atoms with E-state index in [1.165, 1.54) is 6.07 Å². The zero-order valence-electron chi connectivity index (χ0n) is 21.8. The number of methoxy groups -OCH3 is 1. The second-order valence-electron chi connectivity index (χ2n) is 9.03. The molecule has 0 N–H and O–H groups in total. The van der Waals surface area contributed by atoms with E-state index in [1.54, 1.807) is 49.6 Å². The third kappa shape index (κ3) is 4.69. The number of fused-ring (bicyclic) bond motifs is 2. The summed E-state index contributed by atoms with van der Waals surface area (Å²) in [6.07, 6.45) is 1.65. The van der Waals surface area contributed by atoms with Gasteiger partial charge in [-0.2, -0.15) is 0 Å². The molecule has 40 heavy (non-hydrogen) atoms. The minimum Gasteiger partial charge on any atom is -0.497 e. The first kappa shape index (κ1) is 25.0. The normalized spacial score (nSPS) is 13.2. The lowest BCUT2D eigenvalue weighted by atomic mass is 10.1. The molecule has 0 fully saturated rings. The van der Waals surface area contributed by atoms with Gasteiger partial charge in [0.05, 0.1) is 19.3 Å². The number of benzene rings is 4. The number of hydrogen-bond acceptors (Lipinski definition) is 7. The van der Waals surface area contributed by atoms with Crippen LogP contribution in [-0.4, -0.2) is 25.5 Å². The van der Waals surface area contributed by atoms with E-state index in [0.717, 1.165) is 11.1 Å². The fourth-order valence-electron chi connectivity index (χ4n) is 4.60. The molecule has 1 aromatic heterocycles. The average Bonchev–Trinajstić information content (AvgIpc) is 3.50. The molecule has 7 heteroatoms. The molecule has 0 bridgehead atoms. The highest BCUT2D eigenvalue weighted by Gasteiger charge is 2.29. The van der Waals surface area contributed by atoms with Gasteiger partial charge in [-0.05, 0) is 61.0 Å². The van der Waals surface area contributed by atoms with Crippen molar-refractivity contribution in [2.75, 3.05) is 13.7 Å². The fraction of sp³-hybridized carbons (Fsp3) is 0.0909. The summed E-state index contributed by atoms with van der Waals surface area (Å²) in [7, 11) is 1.58. The van der Waals surface area contributed by atoms with Crippen molar-refractivity contribution in [3.8, 4) is 34.3 Å². The van der Waals surface area contributed by atoms with Crippen molar-refractivity contribution in [2.24, 2.45) is 0 Å². The Balaban J connectivity index is 1.32. The van der Waals surface area contributed by atoms with Crippen molar-refractivity contribution in [1.82, 2.24) is 0 Å². The van der Waals surface area contributed by atoms with Crippen LogP contribution in [0, 0.1) is 0 Å². The summed E-state index contributed by atoms with van der Waals surface area (Å²) in [6.45, 7) is 2.37. The second-order valence-corrected chi connectivity index (χ2v) is 9.03. The number of carbonyl (C=O) groups is 2. The van der Waals surface area contributed by atoms with Crippen molar-refractivity contribution in [2.45, 2.75) is 6.92 Å². The van der Waals surface area contributed by atoms with Crippen LogP contribution in [0.3, 0.4) is 0 Å². The van der Waals surface area contributed by atoms with E-state index in [1.807, 2.05) is 55.5 Å². The van der Waals surface area contributed by atoms with E-state index in [4.69, 9.17) is 23.4 Å². The molecule has 1 aliphatic heterocycles. The Morgan fingerprint density at radius 1 is 0.875 bits per heavy atom. The molecule has 1 aliphatic rings. The molecule has 0 spiro atoms. The van der Waals surface area contributed by atoms with Crippen LogP contribution in [0.1, 0.15) is 33.2 Å². The van der Waals surface area contributed by atoms with E-state index >= 15 is 0 Å². The van der Waals surface area contributed by atoms with Gasteiger partial charge in [0, 0.05) is 17.0 Å². The lowest BCUT2D eigenvalue weighted by Crippen LogP contribution is -2.09. The van der Waals surface area contributed by atoms with Gasteiger partial charge in [-0.1, -0.05) is 42.5 Å². The fourth-order valence-corrected chi connectivity index (χ4v) is 4.60. The van der Waals surface area contributed by atoms with Crippen molar-refractivity contribution in [3.63, 3.8) is 0 Å². The summed E-state index contributed by atoms with van der Waals surface area (Å²) < 4.78 is 28.7. The number of Topliss-reactive ketones (excluding diaryl/α,β-unsaturated/α-hetero) is 1. The van der Waals surface area contributed by atoms with Crippen LogP contribution in [0.15, 0.2) is 101 Å². The number of ketones is 1. The summed E-state index contributed by atoms with van der Waals surface area (Å²) in [5.74, 6) is 1.52. The van der Waals surface area contributed by atoms with E-state index in [-0.39, 0.29) is 22.9 Å². The van der Waals surface area contributed by atoms with Crippen LogP contribution in [0.25, 0.3) is 28.4 Å². The number of furan rings is 1. The van der Waals surface area contributed by atoms with Crippen LogP contribution < -0.4 is 18.9 Å². The molecule has 0 saturated carbocycles. The molecule has 198 valence electrons. The molecule has 0 unspecified atom stereocenters. The molecule has 6 rings (SSSR count). The van der Waals surface area contributed by atoms with Gasteiger partial charge in [0.15, 0.2) is 5.76 Å². The van der Waals surface area contributed by atoms with Gasteiger partial charge in [-0.25, -0.2) is 4.79 Å². The van der Waals surface area contributed by atoms with E-state index in [2.05, 4.69) is 0 Å². The Hall–Kier alpha value is -5.30. The van der Waals surface area contributed by atoms with Gasteiger partial charge in [0.1, 0.15) is 39.9 Å². The summed E-state index contributed by atoms with van der Waals surface area (Å²) in [6, 6.07) is 26.7. The molecule has 0 aliphatic carbocycles. The van der Waals surface area contributed by atoms with Crippen LogP contribution in [-0.2, 0) is 0 Å². The smallest absolute Gasteiger partial charge is 0.348 e. The predicted octanol–water partition coefficient (Wildman–Crippen LogP) is 7.34. The zero-order valence-corrected chi connectivity index (χ0v) is 21.8. The van der Waals surface area contributed by atoms with Gasteiger partial charge in [0.25, 0.3) is 0 Å². The first-order valence-corrected chi connectivity index (χ1v) is 12.7. The van der Waals surface area contributed by atoms with Gasteiger partial charge in [0.2, 0.25) is 5.78 Å². The lowest BCUT2D eigenvalue weighted by Gasteiger charge is -2.07. The predicted molar refractivity (Wildman–Crippen MR) is 150 cm³/mol. The molecule has 0 atom stereocenters. The monoisotopic (exact) mass is 532 g/mol. The number of esters is 1. The Kier molecular flexibility index (Phi) is 6.54. The highest BCUT2D eigenvalue weighted by molar-refractivity contribution is 6.15. The highest BCUT2D eigenvalue weighted by Crippen LogP contribution is 2.38. The van der Waals surface area contributed by atoms with E-state index in [0.29, 0.717) is 46.1 Å². The van der Waals surface area contributed by atoms with Crippen LogP contribution in [0.2, 0.25) is 0 Å². The van der Waals surface area contributed by atoms with Crippen molar-refractivity contribution < 1.29 is 33.0 Å². The van der Waals surface area contributed by atoms with Gasteiger partial charge in [-0.15, -0.1) is 0 Å². The van der Waals surface area contributed by atoms with Gasteiger partial charge < -0.3 is 23.4 Å². The van der Waals surface area contributed by atoms with Gasteiger partial charge >= 0.3 is 5.97 Å². The molecule has 0 amide bonds. The zero-order chi connectivity index (χ0) is 27.6. The maximum atomic E-state index is 13.6. The lowest BCUT2D eigenvalue weighted by molar-refractivity contribution is 0.0736. The van der Waals surface area contributed by atoms with E-state index in [9.17, 15) is 9.59 Å². The SMILES string of the molecule is CCOc1ccc2oc(-c3ccccc3)c(C(=O)Oc3ccc4c(c3)OC(=Cc3cccc(OC)c3)C4=O)c2c1. The largest absolute Gasteiger partial charge is 0.497 e. The molecule has 7 nitrogen and oxygen atoms in total. The number of allylic oxidation sites excluding steroid dienone is 1. The minimum absolute atomic E-state index is 0.169. The van der Waals surface area contributed by atoms with Crippen molar-refractivity contribution >= 4 is 28.8 Å². The maximum Gasteiger partial charge on any atom is 0.348 e. The quantitative estimate of drug-likeness (QED) is 0.123. The summed E-state index contributed by atoms with van der Waals surface area (Å²) in [5.41, 5.74) is 2.69. The topological polar surface area (TPSA) is 84.2 Å². The summed E-state index contributed by atoms with van der Waals surface area (Å²) in [5, 5.41) is 0.575. The first-order valence-electron chi connectivity index (χ1n) is 12.7.